The Balaban J connectivity index is 2.85. The second-order valence-electron chi connectivity index (χ2n) is 3.00. The Morgan fingerprint density at radius 1 is 1.67 bits per heavy atom. The second kappa shape index (κ2) is 3.66. The number of benzene rings is 1. The summed E-state index contributed by atoms with van der Waals surface area (Å²) in [6.07, 6.45) is 0. The Hall–Kier alpha value is -0.790. The van der Waals surface area contributed by atoms with E-state index in [1.54, 1.807) is 6.92 Å². The minimum atomic E-state index is -2.24. The Labute approximate surface area is 95.3 Å². The van der Waals surface area contributed by atoms with Crippen molar-refractivity contribution < 1.29 is 13.2 Å². The average Bonchev–Trinajstić information content (AvgIpc) is 2.59. The zero-order valence-corrected chi connectivity index (χ0v) is 9.95. The van der Waals surface area contributed by atoms with Crippen LogP contribution in [0.15, 0.2) is 15.7 Å². The molecule has 0 fully saturated rings. The first kappa shape index (κ1) is 10.7. The van der Waals surface area contributed by atoms with E-state index in [9.17, 15) is 8.60 Å². The van der Waals surface area contributed by atoms with Gasteiger partial charge in [-0.3, -0.25) is 4.55 Å². The Morgan fingerprint density at radius 2 is 2.33 bits per heavy atom. The quantitative estimate of drug-likeness (QED) is 0.793. The third-order valence-corrected chi connectivity index (χ3v) is 3.53. The zero-order valence-electron chi connectivity index (χ0n) is 7.54. The molecule has 0 aliphatic carbocycles. The zero-order chi connectivity index (χ0) is 11.2. The third kappa shape index (κ3) is 1.70. The van der Waals surface area contributed by atoms with Gasteiger partial charge in [-0.2, -0.15) is 0 Å². The van der Waals surface area contributed by atoms with Crippen LogP contribution >= 0.6 is 15.9 Å². The molecule has 0 radical (unpaired) electrons. The lowest BCUT2D eigenvalue weighted by Gasteiger charge is -1.98. The maximum atomic E-state index is 13.4. The van der Waals surface area contributed by atoms with Gasteiger partial charge in [0.2, 0.25) is 16.2 Å². The summed E-state index contributed by atoms with van der Waals surface area (Å²) in [6.45, 7) is 1.73. The number of rotatable bonds is 1. The van der Waals surface area contributed by atoms with Crippen molar-refractivity contribution >= 4 is 38.0 Å². The van der Waals surface area contributed by atoms with Crippen LogP contribution in [0.25, 0.3) is 11.0 Å². The first-order valence-corrected chi connectivity index (χ1v) is 5.86. The van der Waals surface area contributed by atoms with Gasteiger partial charge in [0.25, 0.3) is 0 Å². The van der Waals surface area contributed by atoms with Gasteiger partial charge in [0.05, 0.1) is 5.52 Å². The predicted molar refractivity (Wildman–Crippen MR) is 57.5 cm³/mol. The van der Waals surface area contributed by atoms with E-state index in [4.69, 9.17) is 4.55 Å². The summed E-state index contributed by atoms with van der Waals surface area (Å²) in [5.74, 6) is -0.515. The van der Waals surface area contributed by atoms with Crippen LogP contribution in [-0.2, 0) is 11.1 Å². The Morgan fingerprint density at radius 3 is 2.93 bits per heavy atom. The van der Waals surface area contributed by atoms with Gasteiger partial charge in [-0.05, 0) is 34.5 Å². The lowest BCUT2D eigenvalue weighted by Crippen LogP contribution is -1.89. The fourth-order valence-electron chi connectivity index (χ4n) is 1.28. The van der Waals surface area contributed by atoms with Crippen LogP contribution in [0.4, 0.5) is 4.39 Å². The molecule has 1 heterocycles. The van der Waals surface area contributed by atoms with E-state index in [0.29, 0.717) is 15.6 Å². The third-order valence-electron chi connectivity index (χ3n) is 1.98. The molecule has 0 bridgehead atoms. The van der Waals surface area contributed by atoms with Crippen molar-refractivity contribution in [3.8, 4) is 0 Å². The van der Waals surface area contributed by atoms with Gasteiger partial charge in [-0.25, -0.2) is 13.6 Å². The van der Waals surface area contributed by atoms with E-state index in [2.05, 4.69) is 25.9 Å². The molecule has 1 aromatic carbocycles. The number of aromatic amines is 1. The van der Waals surface area contributed by atoms with Crippen molar-refractivity contribution in [3.63, 3.8) is 0 Å². The molecule has 1 unspecified atom stereocenters. The van der Waals surface area contributed by atoms with Crippen molar-refractivity contribution in [2.45, 2.75) is 12.1 Å². The molecule has 80 valence electrons. The molecule has 0 saturated carbocycles. The number of imidazole rings is 1. The fraction of sp³-hybridized carbons (Fsp3) is 0.125. The van der Waals surface area contributed by atoms with Crippen molar-refractivity contribution in [2.24, 2.45) is 0 Å². The summed E-state index contributed by atoms with van der Waals surface area (Å²) >= 11 is 1.02. The largest absolute Gasteiger partial charge is 0.328 e. The second-order valence-corrected chi connectivity index (χ2v) is 4.68. The minimum Gasteiger partial charge on any atom is -0.328 e. The Bertz CT molecular complexity index is 569. The van der Waals surface area contributed by atoms with Gasteiger partial charge in [0, 0.05) is 4.47 Å². The number of nitrogens with one attached hydrogen (secondary N) is 1. The molecule has 0 saturated heterocycles. The molecule has 0 amide bonds. The van der Waals surface area contributed by atoms with E-state index in [1.165, 1.54) is 6.07 Å². The average molecular weight is 293 g/mol. The molecule has 0 aliphatic heterocycles. The normalized spacial score (nSPS) is 13.3. The first-order valence-electron chi connectivity index (χ1n) is 3.96. The summed E-state index contributed by atoms with van der Waals surface area (Å²) in [6, 6.07) is 1.32. The number of hydrogen-bond acceptors (Lipinski definition) is 2. The van der Waals surface area contributed by atoms with Crippen molar-refractivity contribution in [1.29, 1.82) is 0 Å². The topological polar surface area (TPSA) is 66.0 Å². The Kier molecular flexibility index (Phi) is 2.61. The lowest BCUT2D eigenvalue weighted by atomic mass is 10.2. The molecule has 4 nitrogen and oxygen atoms in total. The molecule has 2 N–H and O–H groups in total. The standard InChI is InChI=1S/C8H6BrFN2O2S/c1-3-2-4(10)6-7(5(3)9)12-8(11-6)15(13)14/h2H,1H3,(H,11,12)(H,13,14). The van der Waals surface area contributed by atoms with Crippen LogP contribution in [0.2, 0.25) is 0 Å². The molecule has 2 rings (SSSR count). The lowest BCUT2D eigenvalue weighted by molar-refractivity contribution is 0.557. The van der Waals surface area contributed by atoms with E-state index >= 15 is 0 Å². The van der Waals surface area contributed by atoms with Crippen LogP contribution in [0.5, 0.6) is 0 Å². The molecule has 7 heteroatoms. The summed E-state index contributed by atoms with van der Waals surface area (Å²) in [7, 11) is 0. The van der Waals surface area contributed by atoms with Crippen LogP contribution < -0.4 is 0 Å². The van der Waals surface area contributed by atoms with Gasteiger partial charge in [-0.15, -0.1) is 0 Å². The van der Waals surface area contributed by atoms with E-state index < -0.39 is 16.9 Å². The summed E-state index contributed by atoms with van der Waals surface area (Å²) in [4.78, 5) is 6.30. The fourth-order valence-corrected chi connectivity index (χ4v) is 2.04. The molecule has 0 aliphatic rings. The smallest absolute Gasteiger partial charge is 0.225 e. The molecule has 0 spiro atoms. The molecule has 1 atom stereocenters. The SMILES string of the molecule is Cc1cc(F)c2nc(S(=O)O)[nH]c2c1Br. The van der Waals surface area contributed by atoms with E-state index in [-0.39, 0.29) is 10.7 Å². The van der Waals surface area contributed by atoms with Crippen LogP contribution in [0.3, 0.4) is 0 Å². The first-order chi connectivity index (χ1) is 7.00. The molecular weight excluding hydrogens is 287 g/mol. The van der Waals surface area contributed by atoms with Gasteiger partial charge in [0.1, 0.15) is 5.52 Å². The monoisotopic (exact) mass is 292 g/mol. The molecular formula is C8H6BrFN2O2S. The minimum absolute atomic E-state index is 0.0601. The summed E-state index contributed by atoms with van der Waals surface area (Å²) < 4.78 is 33.6. The molecule has 15 heavy (non-hydrogen) atoms. The van der Waals surface area contributed by atoms with Crippen LogP contribution in [0, 0.1) is 12.7 Å². The van der Waals surface area contributed by atoms with Crippen molar-refractivity contribution in [3.05, 3.63) is 21.9 Å². The number of H-pyrrole nitrogens is 1. The van der Waals surface area contributed by atoms with E-state index in [1.807, 2.05) is 0 Å². The summed E-state index contributed by atoms with van der Waals surface area (Å²) in [5.41, 5.74) is 1.15. The molecule has 1 aromatic heterocycles. The van der Waals surface area contributed by atoms with Crippen molar-refractivity contribution in [2.75, 3.05) is 0 Å². The summed E-state index contributed by atoms with van der Waals surface area (Å²) in [5, 5.41) is -0.157. The van der Waals surface area contributed by atoms with Gasteiger partial charge in [-0.1, -0.05) is 0 Å². The highest BCUT2D eigenvalue weighted by Crippen LogP contribution is 2.28. The highest BCUT2D eigenvalue weighted by atomic mass is 79.9. The van der Waals surface area contributed by atoms with E-state index in [0.717, 1.165) is 0 Å². The number of fused-ring (bicyclic) bond motifs is 1. The highest BCUT2D eigenvalue weighted by Gasteiger charge is 2.15. The maximum absolute atomic E-state index is 13.4. The highest BCUT2D eigenvalue weighted by molar-refractivity contribution is 9.10. The van der Waals surface area contributed by atoms with Gasteiger partial charge in [0.15, 0.2) is 5.82 Å². The van der Waals surface area contributed by atoms with Gasteiger partial charge < -0.3 is 4.98 Å². The predicted octanol–water partition coefficient (Wildman–Crippen LogP) is 2.35. The van der Waals surface area contributed by atoms with Crippen molar-refractivity contribution in [1.82, 2.24) is 9.97 Å². The van der Waals surface area contributed by atoms with Gasteiger partial charge >= 0.3 is 0 Å². The number of aryl methyl sites for hydroxylation is 1. The number of halogens is 2. The van der Waals surface area contributed by atoms with Crippen LogP contribution in [0.1, 0.15) is 5.56 Å². The number of aromatic nitrogens is 2. The number of nitrogens with zero attached hydrogens (tertiary/aromatic N) is 1. The maximum Gasteiger partial charge on any atom is 0.225 e. The number of hydrogen-bond donors (Lipinski definition) is 2. The van der Waals surface area contributed by atoms with Crippen LogP contribution in [-0.4, -0.2) is 18.7 Å². The molecule has 2 aromatic rings.